The molecule has 4 rings (SSSR count). The molecule has 1 aliphatic heterocycles. The highest BCUT2D eigenvalue weighted by Gasteiger charge is 2.37. The van der Waals surface area contributed by atoms with Crippen molar-refractivity contribution in [3.05, 3.63) is 64.3 Å². The van der Waals surface area contributed by atoms with E-state index in [0.717, 1.165) is 31.2 Å². The number of amides is 1. The number of methoxy groups -OCH3 is 1. The molecule has 0 N–H and O–H groups in total. The maximum atomic E-state index is 13.8. The lowest BCUT2D eigenvalue weighted by molar-refractivity contribution is -0.124. The van der Waals surface area contributed by atoms with Crippen molar-refractivity contribution in [3.63, 3.8) is 0 Å². The van der Waals surface area contributed by atoms with E-state index >= 15 is 0 Å². The van der Waals surface area contributed by atoms with E-state index in [2.05, 4.69) is 0 Å². The van der Waals surface area contributed by atoms with E-state index < -0.39 is 0 Å². The molecule has 1 amide bonds. The van der Waals surface area contributed by atoms with E-state index in [1.165, 1.54) is 24.2 Å². The molecule has 1 saturated heterocycles. The predicted octanol–water partition coefficient (Wildman–Crippen LogP) is 5.95. The average molecular weight is 458 g/mol. The zero-order chi connectivity index (χ0) is 21.8. The van der Waals surface area contributed by atoms with Crippen molar-refractivity contribution in [2.24, 2.45) is 0 Å². The van der Waals surface area contributed by atoms with E-state index in [1.54, 1.807) is 36.3 Å². The number of rotatable bonds is 6. The summed E-state index contributed by atoms with van der Waals surface area (Å²) in [6.45, 7) is 0.0996. The Morgan fingerprint density at radius 3 is 2.68 bits per heavy atom. The fourth-order valence-electron chi connectivity index (χ4n) is 3.95. The number of carbonyl (C=O) groups is 1. The molecule has 0 spiro atoms. The van der Waals surface area contributed by atoms with Gasteiger partial charge in [0.1, 0.15) is 16.7 Å². The number of nitrogens with zero attached hydrogens (tertiary/aromatic N) is 1. The molecule has 0 radical (unpaired) electrons. The van der Waals surface area contributed by atoms with Gasteiger partial charge in [0.05, 0.1) is 12.0 Å². The minimum absolute atomic E-state index is 0.0132. The van der Waals surface area contributed by atoms with Crippen LogP contribution in [0, 0.1) is 5.82 Å². The first-order valence-corrected chi connectivity index (χ1v) is 11.6. The fourth-order valence-corrected chi connectivity index (χ4v) is 5.35. The number of ether oxygens (including phenoxy) is 2. The molecule has 4 nitrogen and oxygen atoms in total. The quantitative estimate of drug-likeness (QED) is 0.396. The molecule has 162 valence electrons. The zero-order valence-electron chi connectivity index (χ0n) is 17.3. The van der Waals surface area contributed by atoms with Crippen molar-refractivity contribution in [1.29, 1.82) is 0 Å². The van der Waals surface area contributed by atoms with Gasteiger partial charge in [-0.2, -0.15) is 0 Å². The number of benzene rings is 2. The molecule has 2 aliphatic rings. The Balaban J connectivity index is 1.49. The standard InChI is InChI=1S/C24H24FNO3S2/c1-28-21-13-16(11-12-20(21)29-15-17-7-5-6-10-19(17)25)14-22-23(27)26(24(30)31-22)18-8-3-2-4-9-18/h5-7,10-14,18H,2-4,8-9,15H2,1H3/b22-14+. The van der Waals surface area contributed by atoms with Gasteiger partial charge < -0.3 is 9.47 Å². The van der Waals surface area contributed by atoms with E-state index in [-0.39, 0.29) is 24.4 Å². The maximum absolute atomic E-state index is 13.8. The molecule has 7 heteroatoms. The zero-order valence-corrected chi connectivity index (χ0v) is 18.9. The molecule has 0 unspecified atom stereocenters. The Morgan fingerprint density at radius 2 is 1.94 bits per heavy atom. The molecule has 2 aromatic carbocycles. The summed E-state index contributed by atoms with van der Waals surface area (Å²) in [5, 5.41) is 0. The number of hydrogen-bond acceptors (Lipinski definition) is 5. The van der Waals surface area contributed by atoms with Gasteiger partial charge in [0, 0.05) is 11.6 Å². The van der Waals surface area contributed by atoms with Crippen LogP contribution in [0.1, 0.15) is 43.2 Å². The number of carbonyl (C=O) groups excluding carboxylic acids is 1. The first-order chi connectivity index (χ1) is 15.1. The van der Waals surface area contributed by atoms with Crippen LogP contribution in [0.4, 0.5) is 4.39 Å². The number of thiocarbonyl (C=S) groups is 1. The Bertz CT molecular complexity index is 1020. The van der Waals surface area contributed by atoms with Crippen LogP contribution in [0.5, 0.6) is 11.5 Å². The van der Waals surface area contributed by atoms with Gasteiger partial charge in [0.2, 0.25) is 0 Å². The summed E-state index contributed by atoms with van der Waals surface area (Å²) in [6.07, 6.45) is 7.39. The van der Waals surface area contributed by atoms with Gasteiger partial charge >= 0.3 is 0 Å². The van der Waals surface area contributed by atoms with Crippen LogP contribution in [0.25, 0.3) is 6.08 Å². The summed E-state index contributed by atoms with van der Waals surface area (Å²) in [7, 11) is 1.55. The highest BCUT2D eigenvalue weighted by molar-refractivity contribution is 8.26. The van der Waals surface area contributed by atoms with Gasteiger partial charge in [-0.15, -0.1) is 0 Å². The Hall–Kier alpha value is -2.38. The lowest BCUT2D eigenvalue weighted by atomic mass is 9.94. The topological polar surface area (TPSA) is 38.8 Å². The summed E-state index contributed by atoms with van der Waals surface area (Å²) in [6, 6.07) is 12.2. The summed E-state index contributed by atoms with van der Waals surface area (Å²) >= 11 is 6.86. The first kappa shape index (κ1) is 21.8. The molecular formula is C24H24FNO3S2. The molecule has 1 aliphatic carbocycles. The summed E-state index contributed by atoms with van der Waals surface area (Å²) < 4.78 is 25.7. The summed E-state index contributed by atoms with van der Waals surface area (Å²) in [5.41, 5.74) is 1.29. The second-order valence-corrected chi connectivity index (χ2v) is 9.31. The largest absolute Gasteiger partial charge is 0.493 e. The van der Waals surface area contributed by atoms with Crippen LogP contribution in [-0.2, 0) is 11.4 Å². The molecule has 0 aromatic heterocycles. The lowest BCUT2D eigenvalue weighted by Crippen LogP contribution is -2.39. The normalized spacial score (nSPS) is 18.6. The molecule has 31 heavy (non-hydrogen) atoms. The second-order valence-electron chi connectivity index (χ2n) is 7.63. The predicted molar refractivity (Wildman–Crippen MR) is 126 cm³/mol. The van der Waals surface area contributed by atoms with Gasteiger partial charge in [0.25, 0.3) is 5.91 Å². The van der Waals surface area contributed by atoms with E-state index in [0.29, 0.717) is 26.3 Å². The van der Waals surface area contributed by atoms with Crippen LogP contribution < -0.4 is 9.47 Å². The monoisotopic (exact) mass is 457 g/mol. The average Bonchev–Trinajstić information content (AvgIpc) is 3.07. The minimum Gasteiger partial charge on any atom is -0.493 e. The number of thioether (sulfide) groups is 1. The van der Waals surface area contributed by atoms with Gasteiger partial charge in [-0.25, -0.2) is 4.39 Å². The van der Waals surface area contributed by atoms with Crippen LogP contribution in [0.3, 0.4) is 0 Å². The Kier molecular flexibility index (Phi) is 6.92. The van der Waals surface area contributed by atoms with Crippen molar-refractivity contribution in [3.8, 4) is 11.5 Å². The van der Waals surface area contributed by atoms with Gasteiger partial charge in [-0.1, -0.05) is 67.5 Å². The second kappa shape index (κ2) is 9.83. The van der Waals surface area contributed by atoms with Crippen LogP contribution >= 0.6 is 24.0 Å². The molecule has 0 bridgehead atoms. The lowest BCUT2D eigenvalue weighted by Gasteiger charge is -2.29. The Morgan fingerprint density at radius 1 is 1.16 bits per heavy atom. The SMILES string of the molecule is COc1cc(/C=C2/SC(=S)N(C3CCCCC3)C2=O)ccc1OCc1ccccc1F. The van der Waals surface area contributed by atoms with E-state index in [4.69, 9.17) is 21.7 Å². The van der Waals surface area contributed by atoms with Crippen molar-refractivity contribution in [2.45, 2.75) is 44.8 Å². The molecule has 2 fully saturated rings. The molecule has 0 atom stereocenters. The fraction of sp³-hybridized carbons (Fsp3) is 0.333. The third-order valence-electron chi connectivity index (χ3n) is 5.59. The van der Waals surface area contributed by atoms with Crippen LogP contribution in [0.15, 0.2) is 47.4 Å². The van der Waals surface area contributed by atoms with Crippen molar-refractivity contribution >= 4 is 40.3 Å². The highest BCUT2D eigenvalue weighted by atomic mass is 32.2. The molecular weight excluding hydrogens is 433 g/mol. The number of hydrogen-bond donors (Lipinski definition) is 0. The van der Waals surface area contributed by atoms with E-state index in [9.17, 15) is 9.18 Å². The van der Waals surface area contributed by atoms with Crippen molar-refractivity contribution < 1.29 is 18.7 Å². The third-order valence-corrected chi connectivity index (χ3v) is 6.92. The van der Waals surface area contributed by atoms with Crippen molar-refractivity contribution in [1.82, 2.24) is 4.90 Å². The van der Waals surface area contributed by atoms with Crippen LogP contribution in [-0.4, -0.2) is 28.3 Å². The third kappa shape index (κ3) is 4.93. The maximum Gasteiger partial charge on any atom is 0.266 e. The number of halogens is 1. The molecule has 1 heterocycles. The molecule has 1 saturated carbocycles. The van der Waals surface area contributed by atoms with Gasteiger partial charge in [-0.05, 0) is 42.7 Å². The smallest absolute Gasteiger partial charge is 0.266 e. The summed E-state index contributed by atoms with van der Waals surface area (Å²) in [5.74, 6) is 0.712. The van der Waals surface area contributed by atoms with Crippen LogP contribution in [0.2, 0.25) is 0 Å². The van der Waals surface area contributed by atoms with Gasteiger partial charge in [0.15, 0.2) is 11.5 Å². The van der Waals surface area contributed by atoms with Crippen molar-refractivity contribution in [2.75, 3.05) is 7.11 Å². The van der Waals surface area contributed by atoms with E-state index in [1.807, 2.05) is 18.2 Å². The Labute approximate surface area is 191 Å². The minimum atomic E-state index is -0.307. The summed E-state index contributed by atoms with van der Waals surface area (Å²) in [4.78, 5) is 15.4. The van der Waals surface area contributed by atoms with Gasteiger partial charge in [-0.3, -0.25) is 9.69 Å². The highest BCUT2D eigenvalue weighted by Crippen LogP contribution is 2.38. The first-order valence-electron chi connectivity index (χ1n) is 10.4. The molecule has 2 aromatic rings.